The molecule has 1 aliphatic carbocycles. The number of halogens is 2. The molecule has 2 heterocycles. The van der Waals surface area contributed by atoms with Gasteiger partial charge in [0.1, 0.15) is 12.1 Å². The van der Waals surface area contributed by atoms with Crippen LogP contribution in [0.25, 0.3) is 27.7 Å². The number of hydrogen-bond acceptors (Lipinski definition) is 3. The highest BCUT2D eigenvalue weighted by Crippen LogP contribution is 2.36. The average molecular weight is 516 g/mol. The molecule has 1 saturated carbocycles. The summed E-state index contributed by atoms with van der Waals surface area (Å²) < 4.78 is 0. The van der Waals surface area contributed by atoms with E-state index in [9.17, 15) is 4.79 Å². The maximum Gasteiger partial charge on any atom is 0.150 e. The maximum absolute atomic E-state index is 11.2. The first-order valence-electron chi connectivity index (χ1n) is 12.5. The summed E-state index contributed by atoms with van der Waals surface area (Å²) in [6, 6.07) is 19.9. The lowest BCUT2D eigenvalue weighted by molar-refractivity contribution is 0.112. The van der Waals surface area contributed by atoms with Gasteiger partial charge in [0.2, 0.25) is 0 Å². The molecule has 4 aromatic rings. The predicted octanol–water partition coefficient (Wildman–Crippen LogP) is 7.66. The number of rotatable bonds is 6. The SMILES string of the molecule is O=Cc1cccc(-c2ccc(C(=C3CCN(CC4CC4)CC3)c3nc4cc(Cl)c(Cl)cc4[nH]3)cc2)c1. The van der Waals surface area contributed by atoms with Crippen molar-refractivity contribution in [3.8, 4) is 11.1 Å². The van der Waals surface area contributed by atoms with Crippen LogP contribution in [-0.2, 0) is 0 Å². The van der Waals surface area contributed by atoms with Gasteiger partial charge in [-0.05, 0) is 66.5 Å². The van der Waals surface area contributed by atoms with E-state index < -0.39 is 0 Å². The lowest BCUT2D eigenvalue weighted by Crippen LogP contribution is -2.32. The number of hydrogen-bond donors (Lipinski definition) is 1. The summed E-state index contributed by atoms with van der Waals surface area (Å²) in [7, 11) is 0. The van der Waals surface area contributed by atoms with Crippen LogP contribution >= 0.6 is 23.2 Å². The maximum atomic E-state index is 11.2. The Morgan fingerprint density at radius 2 is 1.72 bits per heavy atom. The quantitative estimate of drug-likeness (QED) is 0.268. The largest absolute Gasteiger partial charge is 0.338 e. The van der Waals surface area contributed by atoms with Crippen LogP contribution in [0, 0.1) is 5.92 Å². The molecule has 182 valence electrons. The van der Waals surface area contributed by atoms with Gasteiger partial charge in [0.15, 0.2) is 0 Å². The molecule has 6 rings (SSSR count). The molecule has 0 amide bonds. The summed E-state index contributed by atoms with van der Waals surface area (Å²) in [5.74, 6) is 1.76. The summed E-state index contributed by atoms with van der Waals surface area (Å²) in [4.78, 5) is 22.3. The number of carbonyl (C=O) groups is 1. The van der Waals surface area contributed by atoms with E-state index in [1.54, 1.807) is 0 Å². The number of aromatic amines is 1. The lowest BCUT2D eigenvalue weighted by atomic mass is 9.91. The number of H-pyrrole nitrogens is 1. The first kappa shape index (κ1) is 23.5. The third kappa shape index (κ3) is 4.86. The smallest absolute Gasteiger partial charge is 0.150 e. The average Bonchev–Trinajstić information content (AvgIpc) is 3.64. The minimum absolute atomic E-state index is 0.506. The fraction of sp³-hybridized carbons (Fsp3) is 0.267. The van der Waals surface area contributed by atoms with Crippen molar-refractivity contribution in [3.63, 3.8) is 0 Å². The van der Waals surface area contributed by atoms with Gasteiger partial charge in [-0.1, -0.05) is 71.2 Å². The topological polar surface area (TPSA) is 49.0 Å². The first-order chi connectivity index (χ1) is 17.6. The molecule has 4 nitrogen and oxygen atoms in total. The standard InChI is InChI=1S/C30H27Cl2N3O/c31-25-15-27-28(16-26(25)32)34-30(33-27)29(23-10-12-35(13-11-23)17-19-4-5-19)22-8-6-21(7-9-22)24-3-1-2-20(14-24)18-36/h1-3,6-9,14-16,18-19H,4-5,10-13,17H2,(H,33,34). The van der Waals surface area contributed by atoms with Gasteiger partial charge >= 0.3 is 0 Å². The number of carbonyl (C=O) groups excluding carboxylic acids is 1. The van der Waals surface area contributed by atoms with Crippen LogP contribution in [0.1, 0.15) is 47.4 Å². The van der Waals surface area contributed by atoms with Crippen LogP contribution in [0.3, 0.4) is 0 Å². The van der Waals surface area contributed by atoms with Crippen LogP contribution in [0.4, 0.5) is 0 Å². The number of imidazole rings is 1. The molecule has 36 heavy (non-hydrogen) atoms. The van der Waals surface area contributed by atoms with E-state index in [1.165, 1.54) is 25.0 Å². The van der Waals surface area contributed by atoms with E-state index in [0.717, 1.165) is 77.3 Å². The molecule has 1 saturated heterocycles. The van der Waals surface area contributed by atoms with E-state index in [1.807, 2.05) is 36.4 Å². The second-order valence-electron chi connectivity index (χ2n) is 9.91. The number of nitrogens with zero attached hydrogens (tertiary/aromatic N) is 2. The monoisotopic (exact) mass is 515 g/mol. The Morgan fingerprint density at radius 1 is 0.972 bits per heavy atom. The molecule has 1 aliphatic heterocycles. The zero-order valence-corrected chi connectivity index (χ0v) is 21.4. The summed E-state index contributed by atoms with van der Waals surface area (Å²) >= 11 is 12.6. The van der Waals surface area contributed by atoms with Gasteiger partial charge in [-0.15, -0.1) is 0 Å². The van der Waals surface area contributed by atoms with E-state index >= 15 is 0 Å². The van der Waals surface area contributed by atoms with Crippen molar-refractivity contribution in [2.75, 3.05) is 19.6 Å². The second-order valence-corrected chi connectivity index (χ2v) is 10.7. The molecule has 1 aromatic heterocycles. The molecule has 1 N–H and O–H groups in total. The highest BCUT2D eigenvalue weighted by molar-refractivity contribution is 6.42. The number of likely N-dealkylation sites (tertiary alicyclic amines) is 1. The van der Waals surface area contributed by atoms with Crippen molar-refractivity contribution in [3.05, 3.63) is 93.2 Å². The van der Waals surface area contributed by atoms with E-state index in [0.29, 0.717) is 15.6 Å². The minimum Gasteiger partial charge on any atom is -0.338 e. The second kappa shape index (κ2) is 9.85. The number of fused-ring (bicyclic) bond motifs is 1. The molecule has 2 aliphatic rings. The Hall–Kier alpha value is -2.92. The number of benzene rings is 3. The van der Waals surface area contributed by atoms with E-state index in [-0.39, 0.29) is 0 Å². The summed E-state index contributed by atoms with van der Waals surface area (Å²) in [6.45, 7) is 3.41. The summed E-state index contributed by atoms with van der Waals surface area (Å²) in [5.41, 5.74) is 8.20. The van der Waals surface area contributed by atoms with Crippen LogP contribution in [0.2, 0.25) is 10.0 Å². The molecular formula is C30H27Cl2N3O. The molecule has 0 atom stereocenters. The number of aldehydes is 1. The molecule has 2 fully saturated rings. The molecule has 0 spiro atoms. The van der Waals surface area contributed by atoms with Gasteiger partial charge in [0.25, 0.3) is 0 Å². The minimum atomic E-state index is 0.506. The van der Waals surface area contributed by atoms with Crippen molar-refractivity contribution < 1.29 is 4.79 Å². The van der Waals surface area contributed by atoms with Crippen molar-refractivity contribution in [1.29, 1.82) is 0 Å². The lowest BCUT2D eigenvalue weighted by Gasteiger charge is -2.29. The highest BCUT2D eigenvalue weighted by atomic mass is 35.5. The Balaban J connectivity index is 1.38. The Bertz CT molecular complexity index is 1420. The number of piperidine rings is 1. The molecule has 6 heteroatoms. The molecule has 0 radical (unpaired) electrons. The summed E-state index contributed by atoms with van der Waals surface area (Å²) in [6.07, 6.45) is 5.72. The summed E-state index contributed by atoms with van der Waals surface area (Å²) in [5, 5.41) is 1.02. The first-order valence-corrected chi connectivity index (χ1v) is 13.3. The van der Waals surface area contributed by atoms with Gasteiger partial charge in [0, 0.05) is 30.8 Å². The number of aromatic nitrogens is 2. The van der Waals surface area contributed by atoms with Gasteiger partial charge in [-0.3, -0.25) is 4.79 Å². The van der Waals surface area contributed by atoms with Crippen LogP contribution in [0.15, 0.2) is 66.2 Å². The molecule has 0 unspecified atom stereocenters. The van der Waals surface area contributed by atoms with E-state index in [4.69, 9.17) is 28.2 Å². The number of nitrogens with one attached hydrogen (secondary N) is 1. The van der Waals surface area contributed by atoms with Crippen LogP contribution < -0.4 is 0 Å². The van der Waals surface area contributed by atoms with Crippen molar-refractivity contribution in [1.82, 2.24) is 14.9 Å². The van der Waals surface area contributed by atoms with Crippen LogP contribution in [0.5, 0.6) is 0 Å². The Labute approximate surface area is 220 Å². The zero-order valence-electron chi connectivity index (χ0n) is 19.9. The van der Waals surface area contributed by atoms with Gasteiger partial charge < -0.3 is 9.88 Å². The molecular weight excluding hydrogens is 489 g/mol. The third-order valence-electron chi connectivity index (χ3n) is 7.32. The normalized spacial score (nSPS) is 16.4. The fourth-order valence-electron chi connectivity index (χ4n) is 5.17. The Kier molecular flexibility index (Phi) is 6.43. The van der Waals surface area contributed by atoms with Crippen molar-refractivity contribution in [2.45, 2.75) is 25.7 Å². The predicted molar refractivity (Wildman–Crippen MR) is 148 cm³/mol. The van der Waals surface area contributed by atoms with Crippen LogP contribution in [-0.4, -0.2) is 40.8 Å². The van der Waals surface area contributed by atoms with Crippen molar-refractivity contribution in [2.24, 2.45) is 5.92 Å². The van der Waals surface area contributed by atoms with Gasteiger partial charge in [-0.2, -0.15) is 0 Å². The van der Waals surface area contributed by atoms with Gasteiger partial charge in [-0.25, -0.2) is 4.98 Å². The molecule has 3 aromatic carbocycles. The van der Waals surface area contributed by atoms with E-state index in [2.05, 4.69) is 34.1 Å². The Morgan fingerprint density at radius 3 is 2.44 bits per heavy atom. The molecule has 0 bridgehead atoms. The third-order valence-corrected chi connectivity index (χ3v) is 8.04. The van der Waals surface area contributed by atoms with Gasteiger partial charge in [0.05, 0.1) is 21.1 Å². The highest BCUT2D eigenvalue weighted by Gasteiger charge is 2.27. The fourth-order valence-corrected chi connectivity index (χ4v) is 5.50. The zero-order chi connectivity index (χ0) is 24.6. The van der Waals surface area contributed by atoms with Crippen molar-refractivity contribution >= 4 is 46.1 Å².